The largest absolute Gasteiger partial charge is 0.489 e. The van der Waals surface area contributed by atoms with Gasteiger partial charge in [0.05, 0.1) is 6.61 Å². The average Bonchev–Trinajstić information content (AvgIpc) is 3.88. The number of nitrogens with one attached hydrogen (secondary N) is 1. The quantitative estimate of drug-likeness (QED) is 0.381. The minimum Gasteiger partial charge on any atom is -0.489 e. The minimum absolute atomic E-state index is 0.00293. The second-order valence-corrected chi connectivity index (χ2v) is 10.9. The molecule has 1 saturated heterocycles. The third kappa shape index (κ3) is 7.44. The van der Waals surface area contributed by atoms with E-state index in [0.29, 0.717) is 37.7 Å². The van der Waals surface area contributed by atoms with Crippen LogP contribution in [-0.2, 0) is 9.53 Å². The van der Waals surface area contributed by atoms with Gasteiger partial charge in [0.25, 0.3) is 5.91 Å². The van der Waals surface area contributed by atoms with Gasteiger partial charge < -0.3 is 34.6 Å². The number of rotatable bonds is 12. The lowest BCUT2D eigenvalue weighted by atomic mass is 9.96. The molecule has 3 fully saturated rings. The molecule has 0 spiro atoms. The first kappa shape index (κ1) is 28.6. The first-order chi connectivity index (χ1) is 19.7. The number of primary amides is 1. The first-order valence-electron chi connectivity index (χ1n) is 13.9. The number of alkyl halides is 2. The Morgan fingerprint density at radius 2 is 1.83 bits per heavy atom. The molecule has 2 aliphatic carbocycles. The molecule has 1 aromatic heterocycles. The van der Waals surface area contributed by atoms with Gasteiger partial charge in [-0.15, -0.1) is 0 Å². The van der Waals surface area contributed by atoms with Crippen molar-refractivity contribution >= 4 is 17.9 Å². The fourth-order valence-corrected chi connectivity index (χ4v) is 4.83. The van der Waals surface area contributed by atoms with Gasteiger partial charge >= 0.3 is 12.7 Å². The molecule has 0 radical (unpaired) electrons. The van der Waals surface area contributed by atoms with E-state index >= 15 is 0 Å². The molecule has 3 N–H and O–H groups in total. The van der Waals surface area contributed by atoms with Crippen molar-refractivity contribution in [1.82, 2.24) is 15.2 Å². The number of nitrogens with zero attached hydrogens (tertiary/aromatic N) is 2. The van der Waals surface area contributed by atoms with E-state index in [0.717, 1.165) is 38.5 Å². The maximum absolute atomic E-state index is 13.2. The number of aromatic nitrogens is 1. The summed E-state index contributed by atoms with van der Waals surface area (Å²) < 4.78 is 47.1. The lowest BCUT2D eigenvalue weighted by molar-refractivity contribution is -0.133. The topological polar surface area (TPSA) is 146 Å². The van der Waals surface area contributed by atoms with E-state index in [1.165, 1.54) is 25.1 Å². The van der Waals surface area contributed by atoms with E-state index in [1.54, 1.807) is 0 Å². The van der Waals surface area contributed by atoms with Crippen LogP contribution in [0.2, 0.25) is 0 Å². The Balaban J connectivity index is 1.31. The lowest BCUT2D eigenvalue weighted by Gasteiger charge is -2.32. The summed E-state index contributed by atoms with van der Waals surface area (Å²) >= 11 is 0. The third-order valence-electron chi connectivity index (χ3n) is 7.51. The summed E-state index contributed by atoms with van der Waals surface area (Å²) in [5.41, 5.74) is 5.43. The highest BCUT2D eigenvalue weighted by atomic mass is 19.3. The number of piperidine rings is 1. The number of nitrogens with two attached hydrogens (primary N) is 1. The molecule has 11 nitrogen and oxygen atoms in total. The molecule has 13 heteroatoms. The molecule has 1 atom stereocenters. The predicted octanol–water partition coefficient (Wildman–Crippen LogP) is 4.27. The lowest BCUT2D eigenvalue weighted by Crippen LogP contribution is -2.42. The molecule has 222 valence electrons. The van der Waals surface area contributed by atoms with Gasteiger partial charge in [0.15, 0.2) is 29.1 Å². The zero-order chi connectivity index (χ0) is 29.1. The normalized spacial score (nSPS) is 18.2. The number of amides is 3. The second kappa shape index (κ2) is 12.3. The number of likely N-dealkylation sites (tertiary alicyclic amines) is 1. The Kier molecular flexibility index (Phi) is 8.60. The maximum atomic E-state index is 13.2. The number of hydrogen-bond donors (Lipinski definition) is 2. The summed E-state index contributed by atoms with van der Waals surface area (Å²) in [5.74, 6) is 0.359. The average molecular weight is 577 g/mol. The van der Waals surface area contributed by atoms with E-state index in [-0.39, 0.29) is 46.6 Å². The van der Waals surface area contributed by atoms with Gasteiger partial charge in [-0.2, -0.15) is 8.78 Å². The highest BCUT2D eigenvalue weighted by molar-refractivity contribution is 5.94. The number of oxazole rings is 1. The molecule has 41 heavy (non-hydrogen) atoms. The molecule has 3 aliphatic rings. The van der Waals surface area contributed by atoms with Crippen molar-refractivity contribution in [3.63, 3.8) is 0 Å². The smallest absolute Gasteiger partial charge is 0.405 e. The molecule has 5 rings (SSSR count). The highest BCUT2D eigenvalue weighted by Gasteiger charge is 2.35. The number of benzene rings is 1. The minimum atomic E-state index is -3.04. The molecule has 2 saturated carbocycles. The maximum Gasteiger partial charge on any atom is 0.405 e. The third-order valence-corrected chi connectivity index (χ3v) is 7.51. The second-order valence-electron chi connectivity index (χ2n) is 10.9. The molecular weight excluding hydrogens is 542 g/mol. The van der Waals surface area contributed by atoms with Gasteiger partial charge in [-0.05, 0) is 75.5 Å². The van der Waals surface area contributed by atoms with Crippen LogP contribution < -0.4 is 20.5 Å². The van der Waals surface area contributed by atoms with Crippen molar-refractivity contribution in [1.29, 1.82) is 0 Å². The van der Waals surface area contributed by atoms with Crippen LogP contribution in [0, 0.1) is 17.8 Å². The van der Waals surface area contributed by atoms with Crippen molar-refractivity contribution < 1.29 is 41.8 Å². The van der Waals surface area contributed by atoms with Gasteiger partial charge in [0.2, 0.25) is 11.8 Å². The Labute approximate surface area is 235 Å². The highest BCUT2D eigenvalue weighted by Crippen LogP contribution is 2.37. The van der Waals surface area contributed by atoms with Crippen molar-refractivity contribution in [3.8, 4) is 23.0 Å². The number of ether oxygens (including phenoxy) is 3. The van der Waals surface area contributed by atoms with E-state index in [2.05, 4.69) is 15.0 Å². The van der Waals surface area contributed by atoms with Crippen molar-refractivity contribution in [2.75, 3.05) is 26.2 Å². The summed E-state index contributed by atoms with van der Waals surface area (Å²) in [6, 6.07) is 4.22. The van der Waals surface area contributed by atoms with Crippen LogP contribution in [0.25, 0.3) is 11.5 Å². The van der Waals surface area contributed by atoms with Crippen LogP contribution in [0.15, 0.2) is 22.6 Å². The fraction of sp³-hybridized carbons (Fsp3) is 0.571. The van der Waals surface area contributed by atoms with E-state index in [1.807, 2.05) is 4.90 Å². The van der Waals surface area contributed by atoms with E-state index in [4.69, 9.17) is 19.6 Å². The van der Waals surface area contributed by atoms with Gasteiger partial charge in [-0.3, -0.25) is 9.59 Å². The molecule has 0 bridgehead atoms. The van der Waals surface area contributed by atoms with Gasteiger partial charge in [0.1, 0.15) is 0 Å². The van der Waals surface area contributed by atoms with Crippen molar-refractivity contribution in [2.45, 2.75) is 58.2 Å². The summed E-state index contributed by atoms with van der Waals surface area (Å²) in [6.07, 6.45) is 3.40. The van der Waals surface area contributed by atoms with E-state index in [9.17, 15) is 23.2 Å². The number of carbonyl (C=O) groups excluding carboxylic acids is 3. The number of carbonyl (C=O) groups is 3. The number of hydrogen-bond acceptors (Lipinski definition) is 8. The molecule has 1 aliphatic heterocycles. The van der Waals surface area contributed by atoms with Crippen LogP contribution in [0.3, 0.4) is 0 Å². The molecular formula is C28H34F2N4O7. The van der Waals surface area contributed by atoms with Crippen LogP contribution in [0.5, 0.6) is 11.5 Å². The molecule has 1 aromatic carbocycles. The van der Waals surface area contributed by atoms with E-state index < -0.39 is 24.7 Å². The van der Waals surface area contributed by atoms with Crippen molar-refractivity contribution in [2.24, 2.45) is 23.5 Å². The van der Waals surface area contributed by atoms with Gasteiger partial charge in [-0.1, -0.05) is 0 Å². The van der Waals surface area contributed by atoms with Gasteiger partial charge in [0, 0.05) is 31.1 Å². The molecule has 3 amide bonds. The SMILES string of the molecule is CC(OC(N)=O)c1oc(-c2ccc(OC(F)F)c(OCC3CC3)c2)nc1C(=O)NCC1CCN(C(=O)C2CC2)CC1. The molecule has 1 unspecified atom stereocenters. The number of halogens is 2. The van der Waals surface area contributed by atoms with Crippen LogP contribution in [-0.4, -0.2) is 60.6 Å². The Morgan fingerprint density at radius 1 is 1.10 bits per heavy atom. The fourth-order valence-electron chi connectivity index (χ4n) is 4.83. The monoisotopic (exact) mass is 576 g/mol. The van der Waals surface area contributed by atoms with Crippen LogP contribution in [0.4, 0.5) is 13.6 Å². The summed E-state index contributed by atoms with van der Waals surface area (Å²) in [5, 5.41) is 2.88. The summed E-state index contributed by atoms with van der Waals surface area (Å²) in [7, 11) is 0. The summed E-state index contributed by atoms with van der Waals surface area (Å²) in [6.45, 7) is 0.498. The Morgan fingerprint density at radius 3 is 2.46 bits per heavy atom. The van der Waals surface area contributed by atoms with Crippen LogP contribution in [0.1, 0.15) is 67.8 Å². The Hall–Kier alpha value is -3.90. The van der Waals surface area contributed by atoms with Crippen molar-refractivity contribution in [3.05, 3.63) is 29.7 Å². The predicted molar refractivity (Wildman–Crippen MR) is 140 cm³/mol. The summed E-state index contributed by atoms with van der Waals surface area (Å²) in [4.78, 5) is 43.2. The zero-order valence-corrected chi connectivity index (χ0v) is 22.8. The van der Waals surface area contributed by atoms with Gasteiger partial charge in [-0.25, -0.2) is 9.78 Å². The van der Waals surface area contributed by atoms with Crippen LogP contribution >= 0.6 is 0 Å². The Bertz CT molecular complexity index is 1270. The zero-order valence-electron chi connectivity index (χ0n) is 22.8. The first-order valence-corrected chi connectivity index (χ1v) is 13.9. The molecule has 2 aromatic rings. The standard InChI is InChI=1S/C28H34F2N4O7/c1-15(39-28(31)37)23-22(24(35)32-13-16-8-10-34(11-9-16)26(36)18-4-5-18)33-25(41-23)19-6-7-20(40-27(29)30)21(12-19)38-14-17-2-3-17/h6-7,12,15-18,27H,2-5,8-11,13-14H2,1H3,(H2,31,37)(H,32,35). The molecule has 2 heterocycles.